The van der Waals surface area contributed by atoms with E-state index in [1.54, 1.807) is 0 Å². The first kappa shape index (κ1) is 31.7. The normalized spacial score (nSPS) is 11.9. The van der Waals surface area contributed by atoms with Gasteiger partial charge in [0.25, 0.3) is 0 Å². The summed E-state index contributed by atoms with van der Waals surface area (Å²) in [6.07, 6.45) is 0. The SMILES string of the molecule is c1ccc(-c2ccc(-n3c4ccccc4c4ccc(-c5ccc(-n6c7ccccc7c7cc8c9ccccc9n(-c9ccccc9)c8cc76)cc5)cc43)cc2)cc1. The van der Waals surface area contributed by atoms with Gasteiger partial charge < -0.3 is 13.7 Å². The molecule has 0 unspecified atom stereocenters. The Balaban J connectivity index is 1.00. The summed E-state index contributed by atoms with van der Waals surface area (Å²) in [5.74, 6) is 0. The van der Waals surface area contributed by atoms with Crippen molar-refractivity contribution in [3.8, 4) is 39.3 Å². The van der Waals surface area contributed by atoms with Crippen LogP contribution >= 0.6 is 0 Å². The van der Waals surface area contributed by atoms with Gasteiger partial charge in [-0.3, -0.25) is 0 Å². The average Bonchev–Trinajstić information content (AvgIpc) is 3.91. The van der Waals surface area contributed by atoms with Gasteiger partial charge in [0.1, 0.15) is 0 Å². The molecule has 0 N–H and O–H groups in total. The maximum Gasteiger partial charge on any atom is 0.0562 e. The summed E-state index contributed by atoms with van der Waals surface area (Å²) in [5.41, 5.74) is 15.5. The Bertz CT molecular complexity index is 3470. The minimum atomic E-state index is 1.14. The van der Waals surface area contributed by atoms with Crippen LogP contribution in [0.4, 0.5) is 0 Å². The molecule has 0 aliphatic heterocycles. The molecule has 0 aliphatic rings. The van der Waals surface area contributed by atoms with E-state index in [9.17, 15) is 0 Å². The van der Waals surface area contributed by atoms with Crippen molar-refractivity contribution in [1.82, 2.24) is 13.7 Å². The van der Waals surface area contributed by atoms with Crippen molar-refractivity contribution in [2.24, 2.45) is 0 Å². The van der Waals surface area contributed by atoms with Gasteiger partial charge in [-0.05, 0) is 95.1 Å². The molecule has 0 spiro atoms. The van der Waals surface area contributed by atoms with E-state index in [4.69, 9.17) is 0 Å². The fourth-order valence-electron chi connectivity index (χ4n) is 9.23. The number of hydrogen-bond acceptors (Lipinski definition) is 0. The molecule has 3 heterocycles. The van der Waals surface area contributed by atoms with Crippen LogP contribution in [0.15, 0.2) is 212 Å². The molecule has 0 aliphatic carbocycles. The van der Waals surface area contributed by atoms with Crippen LogP contribution in [0, 0.1) is 0 Å². The Labute approximate surface area is 329 Å². The molecule has 0 bridgehead atoms. The Kier molecular flexibility index (Phi) is 6.93. The number of nitrogens with zero attached hydrogens (tertiary/aromatic N) is 3. The molecule has 266 valence electrons. The molecule has 0 fully saturated rings. The number of hydrogen-bond donors (Lipinski definition) is 0. The standard InChI is InChI=1S/C54H35N3/c1-3-13-36(14-4-1)37-23-28-41(29-24-37)56-49-20-10-7-17-43(49)46-32-27-39(33-52(46)56)38-25-30-42(31-26-38)57-51-22-12-9-19-45(51)48-34-47-44-18-8-11-21-50(44)55(53(47)35-54(48)57)40-15-5-2-6-16-40/h1-35H. The number of para-hydroxylation sites is 4. The number of fused-ring (bicyclic) bond motifs is 9. The molecule has 0 saturated carbocycles. The van der Waals surface area contributed by atoms with Crippen LogP contribution in [0.2, 0.25) is 0 Å². The van der Waals surface area contributed by atoms with E-state index in [2.05, 4.69) is 226 Å². The topological polar surface area (TPSA) is 14.8 Å². The molecule has 0 atom stereocenters. The molecule has 57 heavy (non-hydrogen) atoms. The minimum absolute atomic E-state index is 1.14. The Hall–Kier alpha value is -7.62. The summed E-state index contributed by atoms with van der Waals surface area (Å²) in [4.78, 5) is 0. The summed E-state index contributed by atoms with van der Waals surface area (Å²) < 4.78 is 7.24. The van der Waals surface area contributed by atoms with E-state index in [-0.39, 0.29) is 0 Å². The average molecular weight is 726 g/mol. The van der Waals surface area contributed by atoms with Gasteiger partial charge in [-0.2, -0.15) is 0 Å². The zero-order valence-electron chi connectivity index (χ0n) is 31.0. The highest BCUT2D eigenvalue weighted by Gasteiger charge is 2.19. The van der Waals surface area contributed by atoms with Crippen molar-refractivity contribution in [2.45, 2.75) is 0 Å². The van der Waals surface area contributed by atoms with Gasteiger partial charge in [0.2, 0.25) is 0 Å². The van der Waals surface area contributed by atoms with Crippen molar-refractivity contribution >= 4 is 65.4 Å². The monoisotopic (exact) mass is 725 g/mol. The van der Waals surface area contributed by atoms with Gasteiger partial charge >= 0.3 is 0 Å². The highest BCUT2D eigenvalue weighted by atomic mass is 15.0. The molecule has 0 saturated heterocycles. The summed E-state index contributed by atoms with van der Waals surface area (Å²) >= 11 is 0. The fraction of sp³-hybridized carbons (Fsp3) is 0. The molecule has 3 nitrogen and oxygen atoms in total. The third-order valence-electron chi connectivity index (χ3n) is 11.8. The van der Waals surface area contributed by atoms with Gasteiger partial charge in [-0.1, -0.05) is 140 Å². The molecule has 0 amide bonds. The summed E-state index contributed by atoms with van der Waals surface area (Å²) in [6.45, 7) is 0. The van der Waals surface area contributed by atoms with Crippen molar-refractivity contribution in [2.75, 3.05) is 0 Å². The van der Waals surface area contributed by atoms with Crippen molar-refractivity contribution < 1.29 is 0 Å². The second-order valence-corrected chi connectivity index (χ2v) is 15.0. The third kappa shape index (κ3) is 4.86. The molecule has 12 aromatic rings. The van der Waals surface area contributed by atoms with E-state index in [1.807, 2.05) is 0 Å². The zero-order valence-corrected chi connectivity index (χ0v) is 31.0. The molecule has 9 aromatic carbocycles. The minimum Gasteiger partial charge on any atom is -0.309 e. The van der Waals surface area contributed by atoms with Crippen molar-refractivity contribution in [3.05, 3.63) is 212 Å². The van der Waals surface area contributed by atoms with Crippen molar-refractivity contribution in [1.29, 1.82) is 0 Å². The number of aromatic nitrogens is 3. The quantitative estimate of drug-likeness (QED) is 0.168. The lowest BCUT2D eigenvalue weighted by atomic mass is 10.0. The van der Waals surface area contributed by atoms with Gasteiger partial charge in [-0.15, -0.1) is 0 Å². The lowest BCUT2D eigenvalue weighted by Crippen LogP contribution is -1.96. The van der Waals surface area contributed by atoms with E-state index in [0.717, 1.165) is 17.1 Å². The van der Waals surface area contributed by atoms with Crippen LogP contribution in [-0.4, -0.2) is 13.7 Å². The van der Waals surface area contributed by atoms with E-state index in [1.165, 1.54) is 87.7 Å². The van der Waals surface area contributed by atoms with Gasteiger partial charge in [0.05, 0.1) is 33.1 Å². The number of benzene rings is 9. The van der Waals surface area contributed by atoms with Crippen LogP contribution in [0.25, 0.3) is 105 Å². The number of rotatable bonds is 5. The second kappa shape index (κ2) is 12.5. The predicted molar refractivity (Wildman–Crippen MR) is 240 cm³/mol. The predicted octanol–water partition coefficient (Wildman–Crippen LogP) is 14.3. The van der Waals surface area contributed by atoms with E-state index in [0.29, 0.717) is 0 Å². The third-order valence-corrected chi connectivity index (χ3v) is 11.8. The van der Waals surface area contributed by atoms with Crippen LogP contribution in [-0.2, 0) is 0 Å². The first-order valence-electron chi connectivity index (χ1n) is 19.6. The van der Waals surface area contributed by atoms with E-state index < -0.39 is 0 Å². The molecule has 3 heteroatoms. The van der Waals surface area contributed by atoms with Crippen molar-refractivity contribution in [3.63, 3.8) is 0 Å². The molecular weight excluding hydrogens is 691 g/mol. The van der Waals surface area contributed by atoms with Crippen LogP contribution in [0.5, 0.6) is 0 Å². The van der Waals surface area contributed by atoms with Crippen LogP contribution < -0.4 is 0 Å². The first-order valence-corrected chi connectivity index (χ1v) is 19.6. The maximum absolute atomic E-state index is 2.43. The van der Waals surface area contributed by atoms with Crippen LogP contribution in [0.3, 0.4) is 0 Å². The fourth-order valence-corrected chi connectivity index (χ4v) is 9.23. The van der Waals surface area contributed by atoms with Crippen LogP contribution in [0.1, 0.15) is 0 Å². The summed E-state index contributed by atoms with van der Waals surface area (Å²) in [5, 5.41) is 7.55. The molecular formula is C54H35N3. The summed E-state index contributed by atoms with van der Waals surface area (Å²) in [6, 6.07) is 77.4. The van der Waals surface area contributed by atoms with Gasteiger partial charge in [0, 0.05) is 49.4 Å². The Morgan fingerprint density at radius 1 is 0.193 bits per heavy atom. The zero-order chi connectivity index (χ0) is 37.5. The largest absolute Gasteiger partial charge is 0.309 e. The lowest BCUT2D eigenvalue weighted by molar-refractivity contribution is 1.16. The van der Waals surface area contributed by atoms with Gasteiger partial charge in [-0.25, -0.2) is 0 Å². The Morgan fingerprint density at radius 2 is 0.544 bits per heavy atom. The molecule has 0 radical (unpaired) electrons. The molecule has 12 rings (SSSR count). The summed E-state index contributed by atoms with van der Waals surface area (Å²) in [7, 11) is 0. The molecule has 3 aromatic heterocycles. The lowest BCUT2D eigenvalue weighted by Gasteiger charge is -2.12. The van der Waals surface area contributed by atoms with E-state index >= 15 is 0 Å². The highest BCUT2D eigenvalue weighted by Crippen LogP contribution is 2.40. The smallest absolute Gasteiger partial charge is 0.0562 e. The first-order chi connectivity index (χ1) is 28.3. The maximum atomic E-state index is 2.43. The second-order valence-electron chi connectivity index (χ2n) is 15.0. The van der Waals surface area contributed by atoms with Gasteiger partial charge in [0.15, 0.2) is 0 Å². The Morgan fingerprint density at radius 3 is 1.07 bits per heavy atom. The highest BCUT2D eigenvalue weighted by molar-refractivity contribution is 6.19.